The number of hydrogen-bond donors (Lipinski definition) is 6. The van der Waals surface area contributed by atoms with Gasteiger partial charge in [0.1, 0.15) is 0 Å². The molecule has 10 nitrogen and oxygen atoms in total. The number of allylic oxidation sites excluding steroid dienone is 1. The molecule has 8 N–H and O–H groups in total. The number of rotatable bonds is 7. The SMILES string of the molecule is NC(=O)C1CCC(N[C@H]2CCCC[C@H]2N)NC1NC1CC2CCNC2C(C2CSC3C(=O)C=C(N4CCOCC4)SC32)C1. The monoisotopic (exact) mass is 633 g/mol. The Kier molecular flexibility index (Phi) is 9.64. The second kappa shape index (κ2) is 13.5. The van der Waals surface area contributed by atoms with Gasteiger partial charge in [-0.25, -0.2) is 0 Å². The number of thioether (sulfide) groups is 2. The van der Waals surface area contributed by atoms with Crippen molar-refractivity contribution < 1.29 is 14.3 Å². The summed E-state index contributed by atoms with van der Waals surface area (Å²) in [6.45, 7) is 4.25. The molecule has 0 aromatic heterocycles. The predicted molar refractivity (Wildman–Crippen MR) is 172 cm³/mol. The molecule has 0 aromatic carbocycles. The van der Waals surface area contributed by atoms with Gasteiger partial charge in [0.2, 0.25) is 5.91 Å². The summed E-state index contributed by atoms with van der Waals surface area (Å²) in [7, 11) is 0. The fraction of sp³-hybridized carbons (Fsp3) is 0.871. The summed E-state index contributed by atoms with van der Waals surface area (Å²) in [5.41, 5.74) is 12.4. The number of hydrogen-bond acceptors (Lipinski definition) is 11. The van der Waals surface area contributed by atoms with E-state index in [1.807, 2.05) is 29.6 Å². The van der Waals surface area contributed by atoms with Crippen LogP contribution in [0.3, 0.4) is 0 Å². The standard InChI is InChI=1S/C31H51N7O3S2/c32-22-3-1-2-4-23(22)36-25-6-5-19(30(33)40)31(37-25)35-18-13-17-7-8-34-27(17)20(14-18)21-16-42-29-24(39)15-26(43-28(21)29)38-9-11-41-12-10-38/h15,17-23,25,27-29,31,34-37H,1-14,16,32H2,(H2,33,40)/t17?,18?,19?,20?,21?,22-,23+,25?,27?,28?,29?,31?/m1/s1. The van der Waals surface area contributed by atoms with E-state index >= 15 is 0 Å². The van der Waals surface area contributed by atoms with Crippen LogP contribution in [0, 0.1) is 23.7 Å². The number of morpholine rings is 1. The number of primary amides is 1. The summed E-state index contributed by atoms with van der Waals surface area (Å²) in [5, 5.41) is 16.9. The van der Waals surface area contributed by atoms with Gasteiger partial charge >= 0.3 is 0 Å². The van der Waals surface area contributed by atoms with E-state index < -0.39 is 0 Å². The van der Waals surface area contributed by atoms with E-state index in [-0.39, 0.29) is 35.4 Å². The molecule has 2 saturated carbocycles. The molecule has 2 aliphatic carbocycles. The molecule has 12 heteroatoms. The van der Waals surface area contributed by atoms with Crippen molar-refractivity contribution in [3.63, 3.8) is 0 Å². The van der Waals surface area contributed by atoms with Crippen LogP contribution in [0.5, 0.6) is 0 Å². The van der Waals surface area contributed by atoms with Crippen LogP contribution in [0.15, 0.2) is 11.1 Å². The Bertz CT molecular complexity index is 1060. The van der Waals surface area contributed by atoms with E-state index in [4.69, 9.17) is 16.2 Å². The second-order valence-electron chi connectivity index (χ2n) is 14.0. The lowest BCUT2D eigenvalue weighted by Gasteiger charge is -2.47. The summed E-state index contributed by atoms with van der Waals surface area (Å²) < 4.78 is 5.59. The zero-order chi connectivity index (χ0) is 29.5. The minimum absolute atomic E-state index is 0.0604. The molecular formula is C31H51N7O3S2. The first-order valence-electron chi connectivity index (χ1n) is 16.9. The maximum atomic E-state index is 13.3. The number of carbonyl (C=O) groups excluding carboxylic acids is 2. The maximum Gasteiger partial charge on any atom is 0.223 e. The summed E-state index contributed by atoms with van der Waals surface area (Å²) in [6, 6.07) is 1.33. The van der Waals surface area contributed by atoms with Gasteiger partial charge in [-0.15, -0.1) is 23.5 Å². The average molecular weight is 634 g/mol. The molecule has 7 rings (SSSR count). The van der Waals surface area contributed by atoms with Crippen molar-refractivity contribution in [3.8, 4) is 0 Å². The van der Waals surface area contributed by atoms with Crippen molar-refractivity contribution in [3.05, 3.63) is 11.1 Å². The fourth-order valence-electron chi connectivity index (χ4n) is 9.19. The van der Waals surface area contributed by atoms with Crippen molar-refractivity contribution in [2.75, 3.05) is 38.6 Å². The Balaban J connectivity index is 1.05. The number of ketones is 1. The third-order valence-electron chi connectivity index (χ3n) is 11.4. The third kappa shape index (κ3) is 6.54. The lowest BCUT2D eigenvalue weighted by Crippen LogP contribution is -2.66. The van der Waals surface area contributed by atoms with Gasteiger partial charge in [0.25, 0.3) is 0 Å². The lowest BCUT2D eigenvalue weighted by atomic mass is 9.69. The van der Waals surface area contributed by atoms with Gasteiger partial charge in [-0.05, 0) is 75.0 Å². The van der Waals surface area contributed by atoms with Crippen molar-refractivity contribution >= 4 is 35.2 Å². The molecule has 5 heterocycles. The molecule has 12 atom stereocenters. The molecule has 7 aliphatic rings. The van der Waals surface area contributed by atoms with Gasteiger partial charge in [0, 0.05) is 48.6 Å². The predicted octanol–water partition coefficient (Wildman–Crippen LogP) is 0.919. The quantitative estimate of drug-likeness (QED) is 0.238. The largest absolute Gasteiger partial charge is 0.378 e. The molecule has 10 unspecified atom stereocenters. The molecule has 6 fully saturated rings. The third-order valence-corrected chi connectivity index (χ3v) is 14.6. The van der Waals surface area contributed by atoms with Crippen molar-refractivity contribution in [1.29, 1.82) is 0 Å². The number of nitrogens with one attached hydrogen (secondary N) is 4. The summed E-state index contributed by atoms with van der Waals surface area (Å²) >= 11 is 3.83. The van der Waals surface area contributed by atoms with E-state index in [2.05, 4.69) is 26.2 Å². The highest BCUT2D eigenvalue weighted by Crippen LogP contribution is 2.53. The zero-order valence-corrected chi connectivity index (χ0v) is 26.9. The van der Waals surface area contributed by atoms with Crippen LogP contribution in [0.25, 0.3) is 0 Å². The first kappa shape index (κ1) is 30.8. The maximum absolute atomic E-state index is 13.3. The summed E-state index contributed by atoms with van der Waals surface area (Å²) in [5.74, 6) is 2.48. The van der Waals surface area contributed by atoms with E-state index in [0.717, 1.165) is 82.2 Å². The van der Waals surface area contributed by atoms with Crippen LogP contribution in [0.4, 0.5) is 0 Å². The summed E-state index contributed by atoms with van der Waals surface area (Å²) in [6.07, 6.45) is 11.5. The van der Waals surface area contributed by atoms with Gasteiger partial charge in [0.05, 0.1) is 41.7 Å². The topological polar surface area (TPSA) is 147 Å². The number of carbonyl (C=O) groups is 2. The van der Waals surface area contributed by atoms with Crippen LogP contribution < -0.4 is 32.7 Å². The highest BCUT2D eigenvalue weighted by Gasteiger charge is 2.52. The fourth-order valence-corrected chi connectivity index (χ4v) is 12.7. The van der Waals surface area contributed by atoms with Crippen molar-refractivity contribution in [2.45, 2.75) is 105 Å². The minimum atomic E-state index is -0.227. The molecule has 43 heavy (non-hydrogen) atoms. The van der Waals surface area contributed by atoms with Crippen molar-refractivity contribution in [2.24, 2.45) is 35.1 Å². The number of amides is 1. The van der Waals surface area contributed by atoms with Crippen LogP contribution in [-0.2, 0) is 14.3 Å². The minimum Gasteiger partial charge on any atom is -0.378 e. The number of nitrogens with zero attached hydrogens (tertiary/aromatic N) is 1. The van der Waals surface area contributed by atoms with E-state index in [0.29, 0.717) is 46.9 Å². The highest BCUT2D eigenvalue weighted by atomic mass is 32.2. The molecule has 240 valence electrons. The second-order valence-corrected chi connectivity index (χ2v) is 16.4. The molecule has 4 saturated heterocycles. The lowest BCUT2D eigenvalue weighted by molar-refractivity contribution is -0.124. The van der Waals surface area contributed by atoms with Gasteiger partial charge in [0.15, 0.2) is 5.78 Å². The van der Waals surface area contributed by atoms with Crippen LogP contribution >= 0.6 is 23.5 Å². The first-order valence-corrected chi connectivity index (χ1v) is 18.8. The Morgan fingerprint density at radius 3 is 2.70 bits per heavy atom. The van der Waals surface area contributed by atoms with Crippen LogP contribution in [0.2, 0.25) is 0 Å². The van der Waals surface area contributed by atoms with Gasteiger partial charge in [-0.2, -0.15) is 0 Å². The van der Waals surface area contributed by atoms with Gasteiger partial charge in [-0.3, -0.25) is 25.5 Å². The normalized spacial score (nSPS) is 45.4. The van der Waals surface area contributed by atoms with E-state index in [1.165, 1.54) is 19.3 Å². The van der Waals surface area contributed by atoms with Crippen LogP contribution in [-0.4, -0.2) is 102 Å². The van der Waals surface area contributed by atoms with Gasteiger partial charge in [-0.1, -0.05) is 12.8 Å². The molecule has 1 amide bonds. The number of nitrogens with two attached hydrogens (primary N) is 2. The van der Waals surface area contributed by atoms with Gasteiger partial charge < -0.3 is 26.4 Å². The smallest absolute Gasteiger partial charge is 0.223 e. The Morgan fingerprint density at radius 2 is 1.88 bits per heavy atom. The first-order chi connectivity index (χ1) is 20.9. The van der Waals surface area contributed by atoms with Crippen molar-refractivity contribution in [1.82, 2.24) is 26.2 Å². The molecule has 0 spiro atoms. The summed E-state index contributed by atoms with van der Waals surface area (Å²) in [4.78, 5) is 28.3. The number of piperidine rings is 1. The zero-order valence-electron chi connectivity index (χ0n) is 25.3. The Labute approximate surface area is 264 Å². The molecular weight excluding hydrogens is 583 g/mol. The molecule has 0 aromatic rings. The van der Waals surface area contributed by atoms with E-state index in [9.17, 15) is 9.59 Å². The highest BCUT2D eigenvalue weighted by molar-refractivity contribution is 8.07. The number of fused-ring (bicyclic) bond motifs is 2. The number of ether oxygens (including phenoxy) is 1. The average Bonchev–Trinajstić information content (AvgIpc) is 3.66. The van der Waals surface area contributed by atoms with Crippen LogP contribution in [0.1, 0.15) is 57.8 Å². The molecule has 0 bridgehead atoms. The molecule has 5 aliphatic heterocycles. The molecule has 0 radical (unpaired) electrons. The van der Waals surface area contributed by atoms with E-state index in [1.54, 1.807) is 0 Å². The Morgan fingerprint density at radius 1 is 1.05 bits per heavy atom. The Hall–Kier alpha value is -0.860.